The maximum atomic E-state index is 15.0. The van der Waals surface area contributed by atoms with Gasteiger partial charge in [0.25, 0.3) is 0 Å². The predicted molar refractivity (Wildman–Crippen MR) is 133 cm³/mol. The fourth-order valence-electron chi connectivity index (χ4n) is 6.26. The van der Waals surface area contributed by atoms with E-state index in [2.05, 4.69) is 6.92 Å². The van der Waals surface area contributed by atoms with Crippen LogP contribution in [0.25, 0.3) is 11.1 Å². The summed E-state index contributed by atoms with van der Waals surface area (Å²) in [6.07, 6.45) is 2.74. The first-order valence-corrected chi connectivity index (χ1v) is 13.7. The molecular weight excluding hydrogens is 503 g/mol. The quantitative estimate of drug-likeness (QED) is 0.346. The van der Waals surface area contributed by atoms with Gasteiger partial charge >= 0.3 is 6.11 Å². The van der Waals surface area contributed by atoms with Crippen LogP contribution in [0.4, 0.5) is 22.0 Å². The third kappa shape index (κ3) is 6.17. The normalized spacial score (nSPS) is 30.7. The zero-order valence-corrected chi connectivity index (χ0v) is 21.6. The second kappa shape index (κ2) is 11.5. The molecule has 1 heterocycles. The van der Waals surface area contributed by atoms with E-state index in [1.54, 1.807) is 0 Å². The van der Waals surface area contributed by atoms with Crippen molar-refractivity contribution in [2.75, 3.05) is 13.2 Å². The topological polar surface area (TPSA) is 27.7 Å². The van der Waals surface area contributed by atoms with Crippen LogP contribution in [0.3, 0.4) is 0 Å². The molecule has 0 radical (unpaired) electrons. The molecule has 3 fully saturated rings. The number of hydrogen-bond donors (Lipinski definition) is 0. The SMILES string of the molecule is CC1CCC(C2COC(C3CCC(C(F)(F)Oc4ccc(-c5ccc(F)c(F)c5)c(F)c4)CC3)OC2)CC1. The highest BCUT2D eigenvalue weighted by Crippen LogP contribution is 2.43. The van der Waals surface area contributed by atoms with Gasteiger partial charge in [-0.2, -0.15) is 8.78 Å². The monoisotopic (exact) mass is 538 g/mol. The average Bonchev–Trinajstić information content (AvgIpc) is 2.91. The van der Waals surface area contributed by atoms with E-state index in [1.807, 2.05) is 0 Å². The molecule has 2 aromatic rings. The van der Waals surface area contributed by atoms with Crippen LogP contribution < -0.4 is 4.74 Å². The fraction of sp³-hybridized carbons (Fsp3) is 0.600. The fourth-order valence-corrected chi connectivity index (χ4v) is 6.26. The zero-order chi connectivity index (χ0) is 26.9. The summed E-state index contributed by atoms with van der Waals surface area (Å²) in [6.45, 7) is 3.66. The van der Waals surface area contributed by atoms with Crippen molar-refractivity contribution in [2.24, 2.45) is 29.6 Å². The Hall–Kier alpha value is -2.19. The Morgan fingerprint density at radius 2 is 1.37 bits per heavy atom. The van der Waals surface area contributed by atoms with Crippen LogP contribution in [0.15, 0.2) is 36.4 Å². The molecule has 0 N–H and O–H groups in total. The Bertz CT molecular complexity index is 1090. The van der Waals surface area contributed by atoms with E-state index < -0.39 is 29.5 Å². The molecule has 0 amide bonds. The van der Waals surface area contributed by atoms with Crippen LogP contribution in [-0.4, -0.2) is 25.6 Å². The van der Waals surface area contributed by atoms with Crippen molar-refractivity contribution in [1.82, 2.24) is 0 Å². The van der Waals surface area contributed by atoms with E-state index in [0.29, 0.717) is 37.9 Å². The van der Waals surface area contributed by atoms with Crippen molar-refractivity contribution in [3.05, 3.63) is 53.8 Å². The zero-order valence-electron chi connectivity index (χ0n) is 21.6. The Morgan fingerprint density at radius 1 is 0.711 bits per heavy atom. The van der Waals surface area contributed by atoms with Crippen molar-refractivity contribution >= 4 is 0 Å². The minimum Gasteiger partial charge on any atom is -0.432 e. The molecule has 0 bridgehead atoms. The van der Waals surface area contributed by atoms with Gasteiger partial charge in [0.2, 0.25) is 0 Å². The molecular formula is C30H35F5O3. The van der Waals surface area contributed by atoms with Gasteiger partial charge in [-0.05, 0) is 80.2 Å². The van der Waals surface area contributed by atoms with Gasteiger partial charge in [-0.3, -0.25) is 0 Å². The number of ether oxygens (including phenoxy) is 3. The summed E-state index contributed by atoms with van der Waals surface area (Å²) in [6, 6.07) is 6.26. The van der Waals surface area contributed by atoms with Gasteiger partial charge in [-0.15, -0.1) is 0 Å². The third-order valence-corrected chi connectivity index (χ3v) is 8.73. The Morgan fingerprint density at radius 3 is 2.00 bits per heavy atom. The molecule has 0 spiro atoms. The van der Waals surface area contributed by atoms with Crippen LogP contribution in [-0.2, 0) is 9.47 Å². The van der Waals surface area contributed by atoms with E-state index in [4.69, 9.17) is 14.2 Å². The lowest BCUT2D eigenvalue weighted by Crippen LogP contribution is -2.43. The van der Waals surface area contributed by atoms with Crippen molar-refractivity contribution in [2.45, 2.75) is 70.7 Å². The van der Waals surface area contributed by atoms with Gasteiger partial charge in [0.1, 0.15) is 11.6 Å². The first kappa shape index (κ1) is 27.4. The minimum absolute atomic E-state index is 0.0344. The van der Waals surface area contributed by atoms with Crippen molar-refractivity contribution in [3.63, 3.8) is 0 Å². The van der Waals surface area contributed by atoms with Crippen molar-refractivity contribution in [3.8, 4) is 16.9 Å². The molecule has 1 saturated heterocycles. The summed E-state index contributed by atoms with van der Waals surface area (Å²) >= 11 is 0. The molecule has 0 aromatic heterocycles. The number of halogens is 5. The summed E-state index contributed by atoms with van der Waals surface area (Å²) in [5.74, 6) is -2.42. The van der Waals surface area contributed by atoms with E-state index >= 15 is 8.78 Å². The molecule has 3 nitrogen and oxygen atoms in total. The highest BCUT2D eigenvalue weighted by Gasteiger charge is 2.46. The van der Waals surface area contributed by atoms with Gasteiger partial charge in [0, 0.05) is 23.5 Å². The van der Waals surface area contributed by atoms with Crippen LogP contribution >= 0.6 is 0 Å². The smallest absolute Gasteiger partial charge is 0.400 e. The first-order chi connectivity index (χ1) is 18.2. The summed E-state index contributed by atoms with van der Waals surface area (Å²) in [7, 11) is 0. The van der Waals surface area contributed by atoms with Crippen LogP contribution in [0, 0.1) is 47.0 Å². The molecule has 208 valence electrons. The van der Waals surface area contributed by atoms with Gasteiger partial charge < -0.3 is 14.2 Å². The first-order valence-electron chi connectivity index (χ1n) is 13.7. The van der Waals surface area contributed by atoms with E-state index in [0.717, 1.165) is 24.1 Å². The summed E-state index contributed by atoms with van der Waals surface area (Å²) in [4.78, 5) is 0. The molecule has 2 saturated carbocycles. The van der Waals surface area contributed by atoms with E-state index in [9.17, 15) is 13.2 Å². The molecule has 0 unspecified atom stereocenters. The predicted octanol–water partition coefficient (Wildman–Crippen LogP) is 8.36. The molecule has 3 aliphatic rings. The number of rotatable bonds is 6. The maximum absolute atomic E-state index is 15.0. The molecule has 8 heteroatoms. The lowest BCUT2D eigenvalue weighted by Gasteiger charge is -2.41. The summed E-state index contributed by atoms with van der Waals surface area (Å²) < 4.78 is 88.4. The minimum atomic E-state index is -3.47. The van der Waals surface area contributed by atoms with Crippen molar-refractivity contribution in [1.29, 1.82) is 0 Å². The van der Waals surface area contributed by atoms with E-state index in [1.165, 1.54) is 43.9 Å². The lowest BCUT2D eigenvalue weighted by molar-refractivity contribution is -0.251. The molecule has 2 aromatic carbocycles. The third-order valence-electron chi connectivity index (χ3n) is 8.73. The standard InChI is InChI=1S/C30H35F5O3/c1-18-2-4-19(5-3-18)22-16-36-29(37-17-22)20-6-9-23(10-7-20)30(34,35)38-24-11-12-25(27(32)15-24)21-8-13-26(31)28(33)14-21/h8,11-15,18-20,22-23,29H,2-7,9-10,16-17H2,1H3. The van der Waals surface area contributed by atoms with Gasteiger partial charge in [-0.25, -0.2) is 13.2 Å². The molecule has 1 aliphatic heterocycles. The maximum Gasteiger partial charge on any atom is 0.400 e. The van der Waals surface area contributed by atoms with Crippen molar-refractivity contribution < 1.29 is 36.2 Å². The molecule has 2 aliphatic carbocycles. The largest absolute Gasteiger partial charge is 0.432 e. The van der Waals surface area contributed by atoms with Gasteiger partial charge in [-0.1, -0.05) is 25.8 Å². The number of hydrogen-bond acceptors (Lipinski definition) is 3. The highest BCUT2D eigenvalue weighted by molar-refractivity contribution is 5.65. The Labute approximate surface area is 220 Å². The number of alkyl halides is 2. The molecule has 0 atom stereocenters. The van der Waals surface area contributed by atoms with Crippen LogP contribution in [0.1, 0.15) is 58.3 Å². The Balaban J connectivity index is 1.12. The van der Waals surface area contributed by atoms with Crippen LogP contribution in [0.2, 0.25) is 0 Å². The van der Waals surface area contributed by atoms with Gasteiger partial charge in [0.05, 0.1) is 19.1 Å². The van der Waals surface area contributed by atoms with Crippen LogP contribution in [0.5, 0.6) is 5.75 Å². The van der Waals surface area contributed by atoms with E-state index in [-0.39, 0.29) is 41.9 Å². The second-order valence-corrected chi connectivity index (χ2v) is 11.4. The molecule has 38 heavy (non-hydrogen) atoms. The van der Waals surface area contributed by atoms with Gasteiger partial charge in [0.15, 0.2) is 17.9 Å². The number of benzene rings is 2. The molecule has 5 rings (SSSR count). The summed E-state index contributed by atoms with van der Waals surface area (Å²) in [5.41, 5.74) is 0.0673. The average molecular weight is 539 g/mol. The Kier molecular flexibility index (Phi) is 8.29. The summed E-state index contributed by atoms with van der Waals surface area (Å²) in [5, 5.41) is 0. The highest BCUT2D eigenvalue weighted by atomic mass is 19.3. The lowest BCUT2D eigenvalue weighted by atomic mass is 9.76. The second-order valence-electron chi connectivity index (χ2n) is 11.4.